The van der Waals surface area contributed by atoms with Crippen molar-refractivity contribution in [3.63, 3.8) is 0 Å². The molecule has 0 spiro atoms. The second-order valence-corrected chi connectivity index (χ2v) is 6.94. The number of anilines is 1. The molecule has 0 saturated heterocycles. The zero-order valence-corrected chi connectivity index (χ0v) is 16.5. The first-order chi connectivity index (χ1) is 14.6. The molecule has 4 aromatic rings. The topological polar surface area (TPSA) is 80.2 Å². The van der Waals surface area contributed by atoms with E-state index >= 15 is 0 Å². The van der Waals surface area contributed by atoms with Crippen LogP contribution in [0.1, 0.15) is 17.3 Å². The molecule has 0 saturated carbocycles. The van der Waals surface area contributed by atoms with Crippen LogP contribution in [0.25, 0.3) is 21.8 Å². The molecule has 0 atom stereocenters. The monoisotopic (exact) mass is 399 g/mol. The number of aromatic nitrogens is 1. The Bertz CT molecular complexity index is 1260. The van der Waals surface area contributed by atoms with E-state index < -0.39 is 0 Å². The summed E-state index contributed by atoms with van der Waals surface area (Å²) >= 11 is 0. The van der Waals surface area contributed by atoms with Crippen LogP contribution in [-0.4, -0.2) is 22.9 Å². The fourth-order valence-electron chi connectivity index (χ4n) is 3.59. The van der Waals surface area contributed by atoms with Gasteiger partial charge in [-0.15, -0.1) is 0 Å². The summed E-state index contributed by atoms with van der Waals surface area (Å²) in [5, 5.41) is 6.74. The average molecular weight is 399 g/mol. The lowest BCUT2D eigenvalue weighted by molar-refractivity contribution is -0.116. The average Bonchev–Trinajstić information content (AvgIpc) is 2.77. The van der Waals surface area contributed by atoms with Gasteiger partial charge in [0.2, 0.25) is 5.91 Å². The number of pyridine rings is 1. The Kier molecular flexibility index (Phi) is 5.30. The molecule has 2 amide bonds. The van der Waals surface area contributed by atoms with Gasteiger partial charge >= 0.3 is 0 Å². The minimum Gasteiger partial charge on any atom is -0.352 e. The Morgan fingerprint density at radius 3 is 2.13 bits per heavy atom. The van der Waals surface area contributed by atoms with Crippen molar-refractivity contribution in [2.24, 2.45) is 0 Å². The molecule has 2 N–H and O–H groups in total. The van der Waals surface area contributed by atoms with Crippen LogP contribution in [-0.2, 0) is 11.3 Å². The molecule has 0 aliphatic carbocycles. The second kappa shape index (κ2) is 8.21. The maximum absolute atomic E-state index is 12.9. The fraction of sp³-hybridized carbons (Fsp3) is 0.125. The summed E-state index contributed by atoms with van der Waals surface area (Å²) in [7, 11) is 0. The third kappa shape index (κ3) is 3.67. The van der Waals surface area contributed by atoms with Crippen LogP contribution in [0.2, 0.25) is 0 Å². The van der Waals surface area contributed by atoms with Gasteiger partial charge in [-0.1, -0.05) is 30.3 Å². The molecule has 1 heterocycles. The van der Waals surface area contributed by atoms with Gasteiger partial charge in [0.15, 0.2) is 5.43 Å². The van der Waals surface area contributed by atoms with Gasteiger partial charge < -0.3 is 15.2 Å². The number of benzene rings is 3. The van der Waals surface area contributed by atoms with Crippen molar-refractivity contribution in [2.75, 3.05) is 11.9 Å². The molecular formula is C24H21N3O3. The third-order valence-electron chi connectivity index (χ3n) is 4.93. The lowest BCUT2D eigenvalue weighted by Crippen LogP contribution is -2.23. The Labute approximate surface area is 173 Å². The molecular weight excluding hydrogens is 378 g/mol. The molecule has 0 bridgehead atoms. The van der Waals surface area contributed by atoms with Crippen molar-refractivity contribution in [1.82, 2.24) is 9.88 Å². The number of carbonyl (C=O) groups is 2. The van der Waals surface area contributed by atoms with Crippen LogP contribution in [0.5, 0.6) is 0 Å². The van der Waals surface area contributed by atoms with Crippen LogP contribution < -0.4 is 16.1 Å². The molecule has 30 heavy (non-hydrogen) atoms. The molecule has 3 aromatic carbocycles. The zero-order valence-electron chi connectivity index (χ0n) is 16.5. The quantitative estimate of drug-likeness (QED) is 0.504. The van der Waals surface area contributed by atoms with Crippen molar-refractivity contribution < 1.29 is 9.59 Å². The second-order valence-electron chi connectivity index (χ2n) is 6.94. The van der Waals surface area contributed by atoms with Gasteiger partial charge in [-0.25, -0.2) is 0 Å². The van der Waals surface area contributed by atoms with Crippen molar-refractivity contribution in [3.05, 3.63) is 88.6 Å². The fourth-order valence-corrected chi connectivity index (χ4v) is 3.59. The number of rotatable bonds is 5. The first-order valence-corrected chi connectivity index (χ1v) is 9.77. The van der Waals surface area contributed by atoms with E-state index in [2.05, 4.69) is 10.6 Å². The lowest BCUT2D eigenvalue weighted by atomic mass is 10.1. The standard InChI is InChI=1S/C24H21N3O3/c1-2-25-24(30)16-8-7-9-17(14-16)26-22(28)15-27-20-12-5-3-10-18(20)23(29)19-11-4-6-13-21(19)27/h3-14H,2,15H2,1H3,(H,25,30)(H,26,28). The molecule has 6 heteroatoms. The van der Waals surface area contributed by atoms with Crippen LogP contribution in [0, 0.1) is 0 Å². The van der Waals surface area contributed by atoms with Crippen LogP contribution >= 0.6 is 0 Å². The first-order valence-electron chi connectivity index (χ1n) is 9.77. The minimum atomic E-state index is -0.248. The van der Waals surface area contributed by atoms with Crippen LogP contribution in [0.3, 0.4) is 0 Å². The number of nitrogens with zero attached hydrogens (tertiary/aromatic N) is 1. The van der Waals surface area contributed by atoms with E-state index in [1.165, 1.54) is 0 Å². The molecule has 4 rings (SSSR count). The maximum Gasteiger partial charge on any atom is 0.251 e. The highest BCUT2D eigenvalue weighted by Gasteiger charge is 2.13. The molecule has 150 valence electrons. The number of nitrogens with one attached hydrogen (secondary N) is 2. The van der Waals surface area contributed by atoms with Gasteiger partial charge in [0.1, 0.15) is 6.54 Å². The van der Waals surface area contributed by atoms with E-state index in [4.69, 9.17) is 0 Å². The van der Waals surface area contributed by atoms with Crippen molar-refractivity contribution in [2.45, 2.75) is 13.5 Å². The summed E-state index contributed by atoms with van der Waals surface area (Å²) in [6.45, 7) is 2.41. The van der Waals surface area contributed by atoms with Gasteiger partial charge in [-0.05, 0) is 49.4 Å². The van der Waals surface area contributed by atoms with Gasteiger partial charge in [-0.3, -0.25) is 14.4 Å². The summed E-state index contributed by atoms with van der Waals surface area (Å²) in [6.07, 6.45) is 0. The van der Waals surface area contributed by atoms with E-state index in [0.717, 1.165) is 0 Å². The molecule has 0 aliphatic rings. The molecule has 1 aromatic heterocycles. The van der Waals surface area contributed by atoms with E-state index in [-0.39, 0.29) is 23.8 Å². The predicted octanol–water partition coefficient (Wildman–Crippen LogP) is 3.54. The largest absolute Gasteiger partial charge is 0.352 e. The smallest absolute Gasteiger partial charge is 0.251 e. The highest BCUT2D eigenvalue weighted by Crippen LogP contribution is 2.19. The normalized spacial score (nSPS) is 10.8. The molecule has 6 nitrogen and oxygen atoms in total. The van der Waals surface area contributed by atoms with Gasteiger partial charge in [0, 0.05) is 28.6 Å². The molecule has 0 radical (unpaired) electrons. The maximum atomic E-state index is 12.9. The van der Waals surface area contributed by atoms with Crippen molar-refractivity contribution >= 4 is 39.3 Å². The van der Waals surface area contributed by atoms with Crippen LogP contribution in [0.4, 0.5) is 5.69 Å². The highest BCUT2D eigenvalue weighted by atomic mass is 16.2. The summed E-state index contributed by atoms with van der Waals surface area (Å²) in [5.41, 5.74) is 2.37. The number of amides is 2. The molecule has 0 unspecified atom stereocenters. The van der Waals surface area contributed by atoms with E-state index in [0.29, 0.717) is 39.6 Å². The van der Waals surface area contributed by atoms with E-state index in [1.54, 1.807) is 36.4 Å². The Morgan fingerprint density at radius 2 is 1.50 bits per heavy atom. The molecule has 0 aliphatic heterocycles. The van der Waals surface area contributed by atoms with Crippen LogP contribution in [0.15, 0.2) is 77.6 Å². The minimum absolute atomic E-state index is 0.0344. The summed E-state index contributed by atoms with van der Waals surface area (Å²) in [6, 6.07) is 21.4. The van der Waals surface area contributed by atoms with Crippen molar-refractivity contribution in [1.29, 1.82) is 0 Å². The van der Waals surface area contributed by atoms with Gasteiger partial charge in [0.25, 0.3) is 5.91 Å². The first kappa shape index (κ1) is 19.4. The summed E-state index contributed by atoms with van der Waals surface area (Å²) in [5.74, 6) is -0.437. The highest BCUT2D eigenvalue weighted by molar-refractivity contribution is 5.99. The van der Waals surface area contributed by atoms with E-state index in [9.17, 15) is 14.4 Å². The number of hydrogen-bond acceptors (Lipinski definition) is 3. The Balaban J connectivity index is 1.69. The lowest BCUT2D eigenvalue weighted by Gasteiger charge is -2.15. The third-order valence-corrected chi connectivity index (χ3v) is 4.93. The molecule has 0 fully saturated rings. The van der Waals surface area contributed by atoms with Gasteiger partial charge in [0.05, 0.1) is 11.0 Å². The Morgan fingerprint density at radius 1 is 0.867 bits per heavy atom. The number of carbonyl (C=O) groups excluding carboxylic acids is 2. The number of hydrogen-bond donors (Lipinski definition) is 2. The van der Waals surface area contributed by atoms with Crippen molar-refractivity contribution in [3.8, 4) is 0 Å². The number of para-hydroxylation sites is 2. The van der Waals surface area contributed by atoms with E-state index in [1.807, 2.05) is 47.9 Å². The summed E-state index contributed by atoms with van der Waals surface area (Å²) in [4.78, 5) is 37.7. The summed E-state index contributed by atoms with van der Waals surface area (Å²) < 4.78 is 1.84. The Hall–Kier alpha value is -3.93. The SMILES string of the molecule is CCNC(=O)c1cccc(NC(=O)Cn2c3ccccc3c(=O)c3ccccc32)c1. The predicted molar refractivity (Wildman–Crippen MR) is 119 cm³/mol. The zero-order chi connectivity index (χ0) is 21.1. The van der Waals surface area contributed by atoms with Gasteiger partial charge in [-0.2, -0.15) is 0 Å². The number of fused-ring (bicyclic) bond motifs is 2.